The molecule has 0 saturated heterocycles. The third kappa shape index (κ3) is 5.63. The summed E-state index contributed by atoms with van der Waals surface area (Å²) in [5, 5.41) is 7.50. The Bertz CT molecular complexity index is 647. The summed E-state index contributed by atoms with van der Waals surface area (Å²) in [6.45, 7) is 8.17. The van der Waals surface area contributed by atoms with Crippen LogP contribution in [0.5, 0.6) is 0 Å². The molecule has 2 rings (SSSR count). The van der Waals surface area contributed by atoms with E-state index in [1.54, 1.807) is 23.5 Å². The van der Waals surface area contributed by atoms with E-state index in [0.29, 0.717) is 13.1 Å². The number of hydrogen-bond donors (Lipinski definition) is 2. The normalized spacial score (nSPS) is 11.6. The Hall–Kier alpha value is -1.95. The molecule has 0 fully saturated rings. The van der Waals surface area contributed by atoms with Crippen LogP contribution in [0.2, 0.25) is 0 Å². The molecular formula is C17H23FN4S. The smallest absolute Gasteiger partial charge is 0.191 e. The lowest BCUT2D eigenvalue weighted by Crippen LogP contribution is -2.38. The lowest BCUT2D eigenvalue weighted by atomic mass is 10.1. The number of nitrogens with one attached hydrogen (secondary N) is 2. The van der Waals surface area contributed by atoms with E-state index in [0.717, 1.165) is 35.2 Å². The van der Waals surface area contributed by atoms with Crippen molar-refractivity contribution in [3.05, 3.63) is 51.2 Å². The predicted molar refractivity (Wildman–Crippen MR) is 94.5 cm³/mol. The summed E-state index contributed by atoms with van der Waals surface area (Å²) in [6, 6.07) is 6.68. The van der Waals surface area contributed by atoms with Crippen LogP contribution >= 0.6 is 11.3 Å². The van der Waals surface area contributed by atoms with Crippen LogP contribution in [0.1, 0.15) is 28.1 Å². The maximum absolute atomic E-state index is 13.2. The van der Waals surface area contributed by atoms with E-state index < -0.39 is 0 Å². The van der Waals surface area contributed by atoms with Crippen molar-refractivity contribution in [3.8, 4) is 0 Å². The minimum Gasteiger partial charge on any atom is -0.357 e. The number of aryl methyl sites for hydroxylation is 2. The minimum atomic E-state index is -0.197. The van der Waals surface area contributed by atoms with Gasteiger partial charge in [0.1, 0.15) is 10.8 Å². The van der Waals surface area contributed by atoms with Crippen molar-refractivity contribution in [2.45, 2.75) is 33.7 Å². The quantitative estimate of drug-likeness (QED) is 0.630. The number of guanidine groups is 1. The Balaban J connectivity index is 1.88. The first kappa shape index (κ1) is 17.4. The fraction of sp³-hybridized carbons (Fsp3) is 0.412. The van der Waals surface area contributed by atoms with Crippen molar-refractivity contribution >= 4 is 17.3 Å². The number of nitrogens with zero attached hydrogens (tertiary/aromatic N) is 2. The van der Waals surface area contributed by atoms with E-state index in [1.807, 2.05) is 19.9 Å². The van der Waals surface area contributed by atoms with Crippen LogP contribution in [0.4, 0.5) is 4.39 Å². The van der Waals surface area contributed by atoms with Crippen molar-refractivity contribution in [3.63, 3.8) is 0 Å². The van der Waals surface area contributed by atoms with Crippen molar-refractivity contribution < 1.29 is 4.39 Å². The van der Waals surface area contributed by atoms with Crippen LogP contribution < -0.4 is 10.6 Å². The van der Waals surface area contributed by atoms with Crippen LogP contribution in [-0.2, 0) is 13.0 Å². The molecule has 124 valence electrons. The standard InChI is InChI=1S/C17H23FN4S/c1-4-19-17(21-11-16-22-12(2)13(3)23-16)20-9-8-14-6-5-7-15(18)10-14/h5-7,10H,4,8-9,11H2,1-3H3,(H2,19,20,21). The summed E-state index contributed by atoms with van der Waals surface area (Å²) < 4.78 is 13.2. The first-order chi connectivity index (χ1) is 11.1. The highest BCUT2D eigenvalue weighted by Gasteiger charge is 2.04. The monoisotopic (exact) mass is 334 g/mol. The molecule has 0 spiro atoms. The largest absolute Gasteiger partial charge is 0.357 e. The van der Waals surface area contributed by atoms with Gasteiger partial charge in [0.05, 0.1) is 12.2 Å². The summed E-state index contributed by atoms with van der Waals surface area (Å²) in [7, 11) is 0. The van der Waals surface area contributed by atoms with Gasteiger partial charge in [-0.1, -0.05) is 12.1 Å². The second kappa shape index (κ2) is 8.62. The van der Waals surface area contributed by atoms with Crippen molar-refractivity contribution in [2.75, 3.05) is 13.1 Å². The van der Waals surface area contributed by atoms with Gasteiger partial charge in [0, 0.05) is 18.0 Å². The van der Waals surface area contributed by atoms with E-state index in [2.05, 4.69) is 27.5 Å². The average Bonchev–Trinajstić information content (AvgIpc) is 2.83. The van der Waals surface area contributed by atoms with Gasteiger partial charge >= 0.3 is 0 Å². The van der Waals surface area contributed by atoms with Gasteiger partial charge < -0.3 is 10.6 Å². The molecule has 2 N–H and O–H groups in total. The van der Waals surface area contributed by atoms with Gasteiger partial charge in [-0.15, -0.1) is 11.3 Å². The van der Waals surface area contributed by atoms with Gasteiger partial charge in [-0.2, -0.15) is 0 Å². The molecule has 1 aromatic heterocycles. The Kier molecular flexibility index (Phi) is 6.52. The summed E-state index contributed by atoms with van der Waals surface area (Å²) in [5.41, 5.74) is 2.05. The van der Waals surface area contributed by atoms with Gasteiger partial charge in [0.2, 0.25) is 0 Å². The van der Waals surface area contributed by atoms with Crippen LogP contribution in [0.3, 0.4) is 0 Å². The van der Waals surface area contributed by atoms with Crippen molar-refractivity contribution in [1.82, 2.24) is 15.6 Å². The molecule has 23 heavy (non-hydrogen) atoms. The Morgan fingerprint density at radius 2 is 2.13 bits per heavy atom. The highest BCUT2D eigenvalue weighted by atomic mass is 32.1. The summed E-state index contributed by atoms with van der Waals surface area (Å²) >= 11 is 1.68. The Morgan fingerprint density at radius 3 is 2.78 bits per heavy atom. The zero-order valence-corrected chi connectivity index (χ0v) is 14.6. The van der Waals surface area contributed by atoms with E-state index in [4.69, 9.17) is 0 Å². The Morgan fingerprint density at radius 1 is 1.30 bits per heavy atom. The van der Waals surface area contributed by atoms with Gasteiger partial charge in [-0.05, 0) is 44.9 Å². The van der Waals surface area contributed by atoms with Gasteiger partial charge in [-0.3, -0.25) is 0 Å². The number of hydrogen-bond acceptors (Lipinski definition) is 3. The molecule has 0 aliphatic carbocycles. The van der Waals surface area contributed by atoms with Crippen molar-refractivity contribution in [1.29, 1.82) is 0 Å². The van der Waals surface area contributed by atoms with Crippen LogP contribution in [0, 0.1) is 19.7 Å². The third-order valence-corrected chi connectivity index (χ3v) is 4.44. The molecule has 0 saturated carbocycles. The van der Waals surface area contributed by atoms with E-state index in [-0.39, 0.29) is 5.82 Å². The summed E-state index contributed by atoms with van der Waals surface area (Å²) in [5.74, 6) is 0.562. The van der Waals surface area contributed by atoms with E-state index >= 15 is 0 Å². The number of aliphatic imine (C=N–C) groups is 1. The van der Waals surface area contributed by atoms with Crippen LogP contribution in [0.25, 0.3) is 0 Å². The molecular weight excluding hydrogens is 311 g/mol. The molecule has 0 radical (unpaired) electrons. The molecule has 4 nitrogen and oxygen atoms in total. The zero-order chi connectivity index (χ0) is 16.7. The third-order valence-electron chi connectivity index (χ3n) is 3.38. The first-order valence-electron chi connectivity index (χ1n) is 7.78. The van der Waals surface area contributed by atoms with E-state index in [1.165, 1.54) is 10.9 Å². The fourth-order valence-corrected chi connectivity index (χ4v) is 2.97. The average molecular weight is 334 g/mol. The number of benzene rings is 1. The molecule has 0 atom stereocenters. The molecule has 0 unspecified atom stereocenters. The lowest BCUT2D eigenvalue weighted by Gasteiger charge is -2.11. The molecule has 1 heterocycles. The fourth-order valence-electron chi connectivity index (χ4n) is 2.11. The molecule has 0 aliphatic rings. The maximum Gasteiger partial charge on any atom is 0.191 e. The SMILES string of the molecule is CCNC(=NCc1nc(C)c(C)s1)NCCc1cccc(F)c1. The Labute approximate surface area is 140 Å². The molecule has 0 bridgehead atoms. The second-order valence-corrected chi connectivity index (χ2v) is 6.54. The molecule has 0 aliphatic heterocycles. The molecule has 6 heteroatoms. The van der Waals surface area contributed by atoms with Crippen LogP contribution in [0.15, 0.2) is 29.3 Å². The van der Waals surface area contributed by atoms with Gasteiger partial charge in [0.25, 0.3) is 0 Å². The highest BCUT2D eigenvalue weighted by molar-refractivity contribution is 7.11. The summed E-state index contributed by atoms with van der Waals surface area (Å²) in [6.07, 6.45) is 0.748. The lowest BCUT2D eigenvalue weighted by molar-refractivity contribution is 0.625. The minimum absolute atomic E-state index is 0.197. The number of aromatic nitrogens is 1. The highest BCUT2D eigenvalue weighted by Crippen LogP contribution is 2.16. The number of rotatable bonds is 6. The molecule has 2 aromatic rings. The molecule has 0 amide bonds. The van der Waals surface area contributed by atoms with Crippen LogP contribution in [-0.4, -0.2) is 24.0 Å². The first-order valence-corrected chi connectivity index (χ1v) is 8.59. The van der Waals surface area contributed by atoms with Gasteiger partial charge in [-0.25, -0.2) is 14.4 Å². The molecule has 1 aromatic carbocycles. The number of thiazole rings is 1. The predicted octanol–water partition coefficient (Wildman–Crippen LogP) is 3.20. The number of halogens is 1. The maximum atomic E-state index is 13.2. The second-order valence-electron chi connectivity index (χ2n) is 5.25. The van der Waals surface area contributed by atoms with E-state index in [9.17, 15) is 4.39 Å². The van der Waals surface area contributed by atoms with Crippen molar-refractivity contribution in [2.24, 2.45) is 4.99 Å². The topological polar surface area (TPSA) is 49.3 Å². The zero-order valence-electron chi connectivity index (χ0n) is 13.8. The van der Waals surface area contributed by atoms with Gasteiger partial charge in [0.15, 0.2) is 5.96 Å². The summed E-state index contributed by atoms with van der Waals surface area (Å²) in [4.78, 5) is 10.3.